The van der Waals surface area contributed by atoms with Crippen molar-refractivity contribution in [2.24, 2.45) is 0 Å². The Labute approximate surface area is 119 Å². The third-order valence-corrected chi connectivity index (χ3v) is 3.62. The topological polar surface area (TPSA) is 88.3 Å². The van der Waals surface area contributed by atoms with E-state index in [1.54, 1.807) is 17.8 Å². The van der Waals surface area contributed by atoms with Crippen LogP contribution in [0.1, 0.15) is 20.3 Å². The molecule has 0 bridgehead atoms. The van der Waals surface area contributed by atoms with E-state index in [-0.39, 0.29) is 12.3 Å². The Bertz CT molecular complexity index is 596. The van der Waals surface area contributed by atoms with Gasteiger partial charge in [0, 0.05) is 24.2 Å². The fourth-order valence-electron chi connectivity index (χ4n) is 1.91. The Kier molecular flexibility index (Phi) is 3.84. The van der Waals surface area contributed by atoms with Gasteiger partial charge in [-0.3, -0.25) is 9.69 Å². The third-order valence-electron chi connectivity index (χ3n) is 3.05. The van der Waals surface area contributed by atoms with Gasteiger partial charge in [-0.25, -0.2) is 14.8 Å². The lowest BCUT2D eigenvalue weighted by molar-refractivity contribution is -0.148. The number of hydrogen-bond donors (Lipinski definition) is 1. The summed E-state index contributed by atoms with van der Waals surface area (Å²) in [6.45, 7) is 3.13. The fraction of sp³-hybridized carbons (Fsp3) is 0.333. The highest BCUT2D eigenvalue weighted by Gasteiger charge is 2.45. The smallest absolute Gasteiger partial charge is 0.351 e. The summed E-state index contributed by atoms with van der Waals surface area (Å²) in [5, 5.41) is 11.3. The van der Waals surface area contributed by atoms with E-state index in [2.05, 4.69) is 9.97 Å². The highest BCUT2D eigenvalue weighted by atomic mass is 32.1. The molecule has 0 fully saturated rings. The molecule has 1 amide bonds. The molecule has 0 unspecified atom stereocenters. The minimum Gasteiger partial charge on any atom is -0.478 e. The summed E-state index contributed by atoms with van der Waals surface area (Å²) in [6, 6.07) is 0. The summed E-state index contributed by atoms with van der Waals surface area (Å²) in [5.74, 6) is -1.17. The number of anilines is 1. The van der Waals surface area contributed by atoms with Gasteiger partial charge in [0.05, 0.1) is 11.8 Å². The van der Waals surface area contributed by atoms with Crippen LogP contribution in [0.5, 0.6) is 0 Å². The maximum Gasteiger partial charge on any atom is 0.351 e. The molecule has 20 heavy (non-hydrogen) atoms. The largest absolute Gasteiger partial charge is 0.478 e. The Balaban J connectivity index is 2.60. The standard InChI is InChI=1S/C12H14N4O3S/c1-3-10(17)16(9-6-20-8-14-9)12(2,11(18)19)15-5-4-13-7-15/h4-8H,3H2,1-2H3,(H,18,19)/t12-/m0/s1. The van der Waals surface area contributed by atoms with Gasteiger partial charge in [0.25, 0.3) is 0 Å². The van der Waals surface area contributed by atoms with Crippen molar-refractivity contribution in [1.29, 1.82) is 0 Å². The van der Waals surface area contributed by atoms with Crippen LogP contribution in [-0.4, -0.2) is 31.5 Å². The molecule has 2 aromatic heterocycles. The van der Waals surface area contributed by atoms with Crippen molar-refractivity contribution in [2.45, 2.75) is 25.9 Å². The number of carboxylic acid groups (broad SMARTS) is 1. The summed E-state index contributed by atoms with van der Waals surface area (Å²) >= 11 is 1.30. The first-order chi connectivity index (χ1) is 9.51. The minimum absolute atomic E-state index is 0.176. The lowest BCUT2D eigenvalue weighted by Crippen LogP contribution is -2.56. The summed E-state index contributed by atoms with van der Waals surface area (Å²) in [6.07, 6.45) is 4.53. The molecule has 0 aliphatic heterocycles. The molecule has 106 valence electrons. The number of amides is 1. The molecule has 1 atom stereocenters. The van der Waals surface area contributed by atoms with E-state index in [0.717, 1.165) is 0 Å². The van der Waals surface area contributed by atoms with Crippen LogP contribution in [-0.2, 0) is 15.3 Å². The van der Waals surface area contributed by atoms with E-state index in [4.69, 9.17) is 0 Å². The normalized spacial score (nSPS) is 13.7. The average Bonchev–Trinajstić information content (AvgIpc) is 3.11. The molecule has 0 aliphatic carbocycles. The first kappa shape index (κ1) is 14.2. The van der Waals surface area contributed by atoms with Gasteiger partial charge >= 0.3 is 5.97 Å². The van der Waals surface area contributed by atoms with Crippen LogP contribution in [0.15, 0.2) is 29.6 Å². The summed E-state index contributed by atoms with van der Waals surface area (Å²) in [5.41, 5.74) is -0.0564. The van der Waals surface area contributed by atoms with Crippen LogP contribution >= 0.6 is 11.3 Å². The molecule has 7 nitrogen and oxygen atoms in total. The van der Waals surface area contributed by atoms with Crippen LogP contribution < -0.4 is 4.90 Å². The zero-order chi connectivity index (χ0) is 14.8. The van der Waals surface area contributed by atoms with E-state index in [1.165, 1.54) is 46.4 Å². The quantitative estimate of drug-likeness (QED) is 0.903. The van der Waals surface area contributed by atoms with E-state index in [9.17, 15) is 14.7 Å². The Hall–Kier alpha value is -2.22. The van der Waals surface area contributed by atoms with Gasteiger partial charge in [-0.2, -0.15) is 0 Å². The van der Waals surface area contributed by atoms with Gasteiger partial charge in [0.15, 0.2) is 0 Å². The number of carbonyl (C=O) groups is 2. The number of carboxylic acids is 1. The molecule has 0 saturated heterocycles. The van der Waals surface area contributed by atoms with Crippen LogP contribution in [0.2, 0.25) is 0 Å². The van der Waals surface area contributed by atoms with Crippen LogP contribution in [0, 0.1) is 0 Å². The minimum atomic E-state index is -1.61. The van der Waals surface area contributed by atoms with E-state index >= 15 is 0 Å². The van der Waals surface area contributed by atoms with Crippen molar-refractivity contribution < 1.29 is 14.7 Å². The Morgan fingerprint density at radius 2 is 2.30 bits per heavy atom. The lowest BCUT2D eigenvalue weighted by atomic mass is 10.1. The number of aromatic nitrogens is 3. The van der Waals surface area contributed by atoms with Crippen LogP contribution in [0.25, 0.3) is 0 Å². The second-order valence-corrected chi connectivity index (χ2v) is 4.94. The second-order valence-electron chi connectivity index (χ2n) is 4.23. The molecule has 2 heterocycles. The van der Waals surface area contributed by atoms with Crippen LogP contribution in [0.4, 0.5) is 5.82 Å². The SMILES string of the molecule is CCC(=O)N(c1cscn1)[C@@](C)(C(=O)O)n1ccnc1. The van der Waals surface area contributed by atoms with E-state index in [1.807, 2.05) is 0 Å². The number of hydrogen-bond acceptors (Lipinski definition) is 5. The Morgan fingerprint density at radius 3 is 2.75 bits per heavy atom. The van der Waals surface area contributed by atoms with Crippen molar-refractivity contribution >= 4 is 29.0 Å². The predicted octanol–water partition coefficient (Wildman–Crippen LogP) is 1.54. The molecule has 0 saturated carbocycles. The summed E-state index contributed by atoms with van der Waals surface area (Å²) in [7, 11) is 0. The first-order valence-corrected chi connectivity index (χ1v) is 6.89. The number of rotatable bonds is 5. The average molecular weight is 294 g/mol. The maximum atomic E-state index is 12.3. The van der Waals surface area contributed by atoms with Gasteiger partial charge < -0.3 is 9.67 Å². The van der Waals surface area contributed by atoms with Crippen molar-refractivity contribution in [2.75, 3.05) is 4.90 Å². The molecule has 8 heteroatoms. The van der Waals surface area contributed by atoms with Gasteiger partial charge in [-0.05, 0) is 6.92 Å². The molecule has 1 N–H and O–H groups in total. The van der Waals surface area contributed by atoms with Crippen LogP contribution in [0.3, 0.4) is 0 Å². The second kappa shape index (κ2) is 5.41. The number of nitrogens with zero attached hydrogens (tertiary/aromatic N) is 4. The highest BCUT2D eigenvalue weighted by molar-refractivity contribution is 7.07. The first-order valence-electron chi connectivity index (χ1n) is 5.94. The zero-order valence-corrected chi connectivity index (χ0v) is 11.9. The maximum absolute atomic E-state index is 12.3. The van der Waals surface area contributed by atoms with Gasteiger partial charge in [0.2, 0.25) is 11.6 Å². The van der Waals surface area contributed by atoms with E-state index in [0.29, 0.717) is 5.82 Å². The molecular formula is C12H14N4O3S. The molecule has 2 rings (SSSR count). The fourth-order valence-corrected chi connectivity index (χ4v) is 2.42. The molecular weight excluding hydrogens is 280 g/mol. The summed E-state index contributed by atoms with van der Waals surface area (Å²) in [4.78, 5) is 33.2. The van der Waals surface area contributed by atoms with Crippen molar-refractivity contribution in [3.05, 3.63) is 29.6 Å². The molecule has 0 aliphatic rings. The Morgan fingerprint density at radius 1 is 1.55 bits per heavy atom. The highest BCUT2D eigenvalue weighted by Crippen LogP contribution is 2.29. The predicted molar refractivity (Wildman–Crippen MR) is 73.4 cm³/mol. The zero-order valence-electron chi connectivity index (χ0n) is 11.1. The summed E-state index contributed by atoms with van der Waals surface area (Å²) < 4.78 is 1.38. The van der Waals surface area contributed by atoms with Crippen molar-refractivity contribution in [3.63, 3.8) is 0 Å². The van der Waals surface area contributed by atoms with Gasteiger partial charge in [-0.15, -0.1) is 11.3 Å². The number of imidazole rings is 1. The molecule has 0 radical (unpaired) electrons. The number of aliphatic carboxylic acids is 1. The molecule has 0 aromatic carbocycles. The molecule has 0 spiro atoms. The molecule has 2 aromatic rings. The lowest BCUT2D eigenvalue weighted by Gasteiger charge is -2.37. The van der Waals surface area contributed by atoms with Crippen molar-refractivity contribution in [3.8, 4) is 0 Å². The van der Waals surface area contributed by atoms with Gasteiger partial charge in [0.1, 0.15) is 5.82 Å². The monoisotopic (exact) mass is 294 g/mol. The van der Waals surface area contributed by atoms with Gasteiger partial charge in [-0.1, -0.05) is 6.92 Å². The van der Waals surface area contributed by atoms with E-state index < -0.39 is 11.6 Å². The van der Waals surface area contributed by atoms with Crippen molar-refractivity contribution in [1.82, 2.24) is 14.5 Å². The number of thiazole rings is 1. The third kappa shape index (κ3) is 2.18. The number of carbonyl (C=O) groups excluding carboxylic acids is 1.